The summed E-state index contributed by atoms with van der Waals surface area (Å²) in [5.74, 6) is 0. The third-order valence-corrected chi connectivity index (χ3v) is 4.95. The van der Waals surface area contributed by atoms with E-state index in [0.717, 1.165) is 11.1 Å². The van der Waals surface area contributed by atoms with Gasteiger partial charge in [0.25, 0.3) is 10.0 Å². The topological polar surface area (TPSA) is 72.2 Å². The monoisotopic (exact) mass is 354 g/mol. The Kier molecular flexibility index (Phi) is 4.06. The number of halogens is 1. The Balaban J connectivity index is 2.43. The molecule has 0 aromatic heterocycles. The van der Waals surface area contributed by atoms with Crippen molar-refractivity contribution in [3.8, 4) is 0 Å². The highest BCUT2D eigenvalue weighted by atomic mass is 79.9. The first kappa shape index (κ1) is 14.9. The molecule has 0 spiro atoms. The summed E-state index contributed by atoms with van der Waals surface area (Å²) in [5, 5.41) is 0. The summed E-state index contributed by atoms with van der Waals surface area (Å²) in [4.78, 5) is 0.0801. The van der Waals surface area contributed by atoms with Gasteiger partial charge in [0.2, 0.25) is 0 Å². The first-order valence-corrected chi connectivity index (χ1v) is 8.22. The summed E-state index contributed by atoms with van der Waals surface area (Å²) < 4.78 is 28.0. The normalized spacial score (nSPS) is 11.3. The number of rotatable bonds is 3. The molecular weight excluding hydrogens is 340 g/mol. The van der Waals surface area contributed by atoms with Gasteiger partial charge >= 0.3 is 0 Å². The lowest BCUT2D eigenvalue weighted by molar-refractivity contribution is 0.601. The molecule has 106 valence electrons. The number of benzene rings is 2. The molecule has 2 aromatic rings. The summed E-state index contributed by atoms with van der Waals surface area (Å²) in [6.07, 6.45) is 0. The summed E-state index contributed by atoms with van der Waals surface area (Å²) in [5.41, 5.74) is 8.40. The van der Waals surface area contributed by atoms with Crippen molar-refractivity contribution in [2.24, 2.45) is 0 Å². The zero-order valence-electron chi connectivity index (χ0n) is 11.1. The number of nitrogens with two attached hydrogens (primary N) is 1. The molecule has 3 N–H and O–H groups in total. The fraction of sp³-hybridized carbons (Fsp3) is 0.143. The zero-order valence-corrected chi connectivity index (χ0v) is 13.5. The van der Waals surface area contributed by atoms with Crippen molar-refractivity contribution in [1.29, 1.82) is 0 Å². The lowest BCUT2D eigenvalue weighted by Gasteiger charge is -2.12. The molecule has 0 heterocycles. The Morgan fingerprint density at radius 2 is 1.65 bits per heavy atom. The minimum Gasteiger partial charge on any atom is -0.398 e. The highest BCUT2D eigenvalue weighted by Crippen LogP contribution is 2.28. The molecule has 0 amide bonds. The molecule has 0 fully saturated rings. The van der Waals surface area contributed by atoms with Crippen molar-refractivity contribution in [2.45, 2.75) is 18.7 Å². The molecule has 0 aliphatic carbocycles. The molecule has 0 radical (unpaired) electrons. The van der Waals surface area contributed by atoms with E-state index in [1.165, 1.54) is 6.07 Å². The molecule has 0 saturated heterocycles. The maximum absolute atomic E-state index is 12.4. The fourth-order valence-electron chi connectivity index (χ4n) is 1.83. The number of hydrogen-bond donors (Lipinski definition) is 2. The van der Waals surface area contributed by atoms with E-state index in [1.54, 1.807) is 24.3 Å². The lowest BCUT2D eigenvalue weighted by atomic mass is 10.2. The van der Waals surface area contributed by atoms with E-state index >= 15 is 0 Å². The Morgan fingerprint density at radius 3 is 2.30 bits per heavy atom. The van der Waals surface area contributed by atoms with Gasteiger partial charge in [0.15, 0.2) is 0 Å². The molecule has 2 rings (SSSR count). The molecule has 0 bridgehead atoms. The van der Waals surface area contributed by atoms with E-state index in [0.29, 0.717) is 10.2 Å². The van der Waals surface area contributed by atoms with Crippen molar-refractivity contribution in [3.63, 3.8) is 0 Å². The quantitative estimate of drug-likeness (QED) is 0.829. The number of nitrogen functional groups attached to an aromatic ring is 1. The van der Waals surface area contributed by atoms with Crippen molar-refractivity contribution >= 4 is 37.3 Å². The number of aryl methyl sites for hydroxylation is 2. The lowest BCUT2D eigenvalue weighted by Crippen LogP contribution is -2.15. The molecule has 4 nitrogen and oxygen atoms in total. The van der Waals surface area contributed by atoms with Crippen LogP contribution in [0.4, 0.5) is 11.4 Å². The van der Waals surface area contributed by atoms with Crippen LogP contribution in [0.3, 0.4) is 0 Å². The van der Waals surface area contributed by atoms with Crippen LogP contribution in [0.2, 0.25) is 0 Å². The Labute approximate surface area is 127 Å². The van der Waals surface area contributed by atoms with E-state index in [2.05, 4.69) is 20.7 Å². The second kappa shape index (κ2) is 5.46. The van der Waals surface area contributed by atoms with Crippen LogP contribution in [0.1, 0.15) is 11.1 Å². The van der Waals surface area contributed by atoms with Crippen LogP contribution < -0.4 is 10.5 Å². The standard InChI is InChI=1S/C14H15BrN2O2S/c1-9-4-6-14(12(16)7-9)20(18,19)17-13-8-10(2)3-5-11(13)15/h3-8,17H,16H2,1-2H3. The molecule has 0 saturated carbocycles. The molecule has 20 heavy (non-hydrogen) atoms. The van der Waals surface area contributed by atoms with Gasteiger partial charge in [0.1, 0.15) is 4.90 Å². The molecule has 0 atom stereocenters. The van der Waals surface area contributed by atoms with E-state index in [4.69, 9.17) is 5.73 Å². The maximum atomic E-state index is 12.4. The SMILES string of the molecule is Cc1ccc(S(=O)(=O)Nc2cc(C)ccc2Br)c(N)c1. The van der Waals surface area contributed by atoms with Crippen molar-refractivity contribution in [1.82, 2.24) is 0 Å². The van der Waals surface area contributed by atoms with Crippen LogP contribution in [0.15, 0.2) is 45.8 Å². The Morgan fingerprint density at radius 1 is 1.05 bits per heavy atom. The third kappa shape index (κ3) is 3.13. The number of anilines is 2. The minimum atomic E-state index is -3.71. The van der Waals surface area contributed by atoms with Crippen LogP contribution in [0, 0.1) is 13.8 Å². The zero-order chi connectivity index (χ0) is 14.9. The number of sulfonamides is 1. The molecule has 0 aliphatic heterocycles. The Bertz CT molecular complexity index is 758. The van der Waals surface area contributed by atoms with Gasteiger partial charge in [-0.1, -0.05) is 12.1 Å². The number of hydrogen-bond acceptors (Lipinski definition) is 3. The van der Waals surface area contributed by atoms with Crippen LogP contribution >= 0.6 is 15.9 Å². The first-order chi connectivity index (χ1) is 9.29. The average molecular weight is 355 g/mol. The number of nitrogens with one attached hydrogen (secondary N) is 1. The average Bonchev–Trinajstić information content (AvgIpc) is 2.33. The van der Waals surface area contributed by atoms with Gasteiger partial charge in [-0.2, -0.15) is 0 Å². The van der Waals surface area contributed by atoms with Crippen molar-refractivity contribution < 1.29 is 8.42 Å². The summed E-state index contributed by atoms with van der Waals surface area (Å²) in [6, 6.07) is 10.3. The van der Waals surface area contributed by atoms with Gasteiger partial charge in [-0.15, -0.1) is 0 Å². The summed E-state index contributed by atoms with van der Waals surface area (Å²) in [7, 11) is -3.71. The van der Waals surface area contributed by atoms with E-state index < -0.39 is 10.0 Å². The molecule has 2 aromatic carbocycles. The van der Waals surface area contributed by atoms with E-state index in [1.807, 2.05) is 19.9 Å². The van der Waals surface area contributed by atoms with Crippen LogP contribution in [-0.4, -0.2) is 8.42 Å². The van der Waals surface area contributed by atoms with E-state index in [9.17, 15) is 8.42 Å². The van der Waals surface area contributed by atoms with Crippen LogP contribution in [0.25, 0.3) is 0 Å². The largest absolute Gasteiger partial charge is 0.398 e. The minimum absolute atomic E-state index is 0.0801. The maximum Gasteiger partial charge on any atom is 0.263 e. The van der Waals surface area contributed by atoms with Gasteiger partial charge in [-0.3, -0.25) is 4.72 Å². The smallest absolute Gasteiger partial charge is 0.263 e. The van der Waals surface area contributed by atoms with Gasteiger partial charge < -0.3 is 5.73 Å². The predicted octanol–water partition coefficient (Wildman–Crippen LogP) is 3.45. The van der Waals surface area contributed by atoms with Crippen LogP contribution in [-0.2, 0) is 10.0 Å². The highest BCUT2D eigenvalue weighted by Gasteiger charge is 2.18. The molecule has 0 aliphatic rings. The molecule has 6 heteroatoms. The Hall–Kier alpha value is -1.53. The van der Waals surface area contributed by atoms with E-state index in [-0.39, 0.29) is 10.6 Å². The van der Waals surface area contributed by atoms with Gasteiger partial charge in [0, 0.05) is 4.47 Å². The molecule has 0 unspecified atom stereocenters. The fourth-order valence-corrected chi connectivity index (χ4v) is 3.49. The second-order valence-electron chi connectivity index (χ2n) is 4.63. The van der Waals surface area contributed by atoms with Gasteiger partial charge in [-0.05, 0) is 65.2 Å². The summed E-state index contributed by atoms with van der Waals surface area (Å²) >= 11 is 3.33. The van der Waals surface area contributed by atoms with Gasteiger partial charge in [0.05, 0.1) is 11.4 Å². The van der Waals surface area contributed by atoms with Gasteiger partial charge in [-0.25, -0.2) is 8.42 Å². The van der Waals surface area contributed by atoms with Crippen LogP contribution in [0.5, 0.6) is 0 Å². The second-order valence-corrected chi connectivity index (χ2v) is 7.14. The molecular formula is C14H15BrN2O2S. The van der Waals surface area contributed by atoms with Crippen molar-refractivity contribution in [3.05, 3.63) is 52.0 Å². The predicted molar refractivity (Wildman–Crippen MR) is 85.3 cm³/mol. The van der Waals surface area contributed by atoms with Crippen molar-refractivity contribution in [2.75, 3.05) is 10.5 Å². The highest BCUT2D eigenvalue weighted by molar-refractivity contribution is 9.10. The summed E-state index contributed by atoms with van der Waals surface area (Å²) in [6.45, 7) is 3.75. The first-order valence-electron chi connectivity index (χ1n) is 5.95. The third-order valence-electron chi connectivity index (χ3n) is 2.82.